The third-order valence-corrected chi connectivity index (χ3v) is 3.53. The van der Waals surface area contributed by atoms with E-state index in [2.05, 4.69) is 10.1 Å². The van der Waals surface area contributed by atoms with Crippen LogP contribution in [0, 0.1) is 10.1 Å². The van der Waals surface area contributed by atoms with Crippen molar-refractivity contribution in [1.82, 2.24) is 5.32 Å². The Balaban J connectivity index is 2.14. The molecule has 0 unspecified atom stereocenters. The maximum atomic E-state index is 12.3. The molecule has 0 aromatic heterocycles. The van der Waals surface area contributed by atoms with Crippen molar-refractivity contribution in [3.63, 3.8) is 0 Å². The van der Waals surface area contributed by atoms with E-state index in [1.54, 1.807) is 0 Å². The Hall–Kier alpha value is -2.94. The van der Waals surface area contributed by atoms with Gasteiger partial charge in [-0.25, -0.2) is 0 Å². The Morgan fingerprint density at radius 1 is 1.27 bits per heavy atom. The number of nitrogens with zero attached hydrogens (tertiary/aromatic N) is 1. The number of nitro groups is 1. The lowest BCUT2D eigenvalue weighted by Gasteiger charge is -2.12. The number of hydrogen-bond acceptors (Lipinski definition) is 5. The second-order valence-electron chi connectivity index (χ2n) is 4.96. The van der Waals surface area contributed by atoms with Crippen LogP contribution in [0.5, 0.6) is 11.5 Å². The largest absolute Gasteiger partial charge is 0.493 e. The van der Waals surface area contributed by atoms with Gasteiger partial charge in [-0.3, -0.25) is 14.9 Å². The van der Waals surface area contributed by atoms with Crippen molar-refractivity contribution < 1.29 is 28.0 Å². The van der Waals surface area contributed by atoms with E-state index in [-0.39, 0.29) is 28.6 Å². The lowest BCUT2D eigenvalue weighted by atomic mass is 10.1. The molecule has 0 aliphatic rings. The Labute approximate surface area is 151 Å². The standard InChI is InChI=1S/C16H13ClF2N2O5/c1-25-14-6-9(2-5-13(14)26-16(18)19)8-20-15(22)11-4-3-10(17)7-12(11)21(23)24/h2-7,16H,8H2,1H3,(H,20,22). The molecular weight excluding hydrogens is 374 g/mol. The smallest absolute Gasteiger partial charge is 0.387 e. The van der Waals surface area contributed by atoms with Crippen LogP contribution in [-0.2, 0) is 6.54 Å². The van der Waals surface area contributed by atoms with Crippen molar-refractivity contribution >= 4 is 23.2 Å². The fraction of sp³-hybridized carbons (Fsp3) is 0.188. The molecule has 7 nitrogen and oxygen atoms in total. The predicted molar refractivity (Wildman–Crippen MR) is 88.9 cm³/mol. The van der Waals surface area contributed by atoms with E-state index in [0.29, 0.717) is 5.56 Å². The molecular formula is C16H13ClF2N2O5. The van der Waals surface area contributed by atoms with Crippen LogP contribution in [0.3, 0.4) is 0 Å². The summed E-state index contributed by atoms with van der Waals surface area (Å²) in [5.74, 6) is -0.763. The second-order valence-corrected chi connectivity index (χ2v) is 5.40. The third kappa shape index (κ3) is 4.79. The Morgan fingerprint density at radius 2 is 2.00 bits per heavy atom. The summed E-state index contributed by atoms with van der Waals surface area (Å²) in [7, 11) is 1.28. The summed E-state index contributed by atoms with van der Waals surface area (Å²) in [6.07, 6.45) is 0. The minimum absolute atomic E-state index is 0.00999. The number of nitrogens with one attached hydrogen (secondary N) is 1. The van der Waals surface area contributed by atoms with Crippen molar-refractivity contribution in [2.75, 3.05) is 7.11 Å². The summed E-state index contributed by atoms with van der Waals surface area (Å²) in [6, 6.07) is 7.83. The van der Waals surface area contributed by atoms with E-state index in [0.717, 1.165) is 6.07 Å². The molecule has 26 heavy (non-hydrogen) atoms. The Morgan fingerprint density at radius 3 is 2.62 bits per heavy atom. The minimum atomic E-state index is -3.00. The van der Waals surface area contributed by atoms with Gasteiger partial charge in [0.1, 0.15) is 5.56 Å². The molecule has 0 heterocycles. The zero-order chi connectivity index (χ0) is 19.3. The number of hydrogen-bond donors (Lipinski definition) is 1. The number of methoxy groups -OCH3 is 1. The molecule has 0 atom stereocenters. The predicted octanol–water partition coefficient (Wildman–Crippen LogP) is 3.79. The molecule has 2 rings (SSSR count). The maximum Gasteiger partial charge on any atom is 0.387 e. The van der Waals surface area contributed by atoms with E-state index in [1.165, 1.54) is 37.4 Å². The molecule has 0 bridgehead atoms. The molecule has 0 fully saturated rings. The van der Waals surface area contributed by atoms with E-state index in [4.69, 9.17) is 16.3 Å². The van der Waals surface area contributed by atoms with Crippen LogP contribution in [0.1, 0.15) is 15.9 Å². The monoisotopic (exact) mass is 386 g/mol. The molecule has 0 saturated carbocycles. The van der Waals surface area contributed by atoms with Crippen LogP contribution in [0.4, 0.5) is 14.5 Å². The fourth-order valence-corrected chi connectivity index (χ4v) is 2.31. The molecule has 2 aromatic carbocycles. The summed E-state index contributed by atoms with van der Waals surface area (Å²) in [5, 5.41) is 13.7. The number of alkyl halides is 2. The molecule has 0 aliphatic heterocycles. The van der Waals surface area contributed by atoms with Gasteiger partial charge in [0.2, 0.25) is 0 Å². The SMILES string of the molecule is COc1cc(CNC(=O)c2ccc(Cl)cc2[N+](=O)[O-])ccc1OC(F)F. The van der Waals surface area contributed by atoms with Crippen LogP contribution in [0.15, 0.2) is 36.4 Å². The topological polar surface area (TPSA) is 90.7 Å². The summed E-state index contributed by atoms with van der Waals surface area (Å²) < 4.78 is 33.9. The Bertz CT molecular complexity index is 832. The number of halogens is 3. The van der Waals surface area contributed by atoms with Gasteiger partial charge in [-0.2, -0.15) is 8.78 Å². The van der Waals surface area contributed by atoms with Crippen molar-refractivity contribution in [2.45, 2.75) is 13.2 Å². The molecule has 1 amide bonds. The number of rotatable bonds is 7. The van der Waals surface area contributed by atoms with Gasteiger partial charge >= 0.3 is 6.61 Å². The summed E-state index contributed by atoms with van der Waals surface area (Å²) in [5.41, 5.74) is -0.0503. The molecule has 0 spiro atoms. The molecule has 0 aliphatic carbocycles. The number of benzene rings is 2. The van der Waals surface area contributed by atoms with E-state index >= 15 is 0 Å². The van der Waals surface area contributed by atoms with Crippen LogP contribution < -0.4 is 14.8 Å². The average Bonchev–Trinajstić information content (AvgIpc) is 2.59. The van der Waals surface area contributed by atoms with E-state index in [9.17, 15) is 23.7 Å². The van der Waals surface area contributed by atoms with Crippen LogP contribution >= 0.6 is 11.6 Å². The van der Waals surface area contributed by atoms with E-state index < -0.39 is 23.1 Å². The fourth-order valence-electron chi connectivity index (χ4n) is 2.14. The molecule has 2 aromatic rings. The number of nitro benzene ring substituents is 1. The third-order valence-electron chi connectivity index (χ3n) is 3.30. The maximum absolute atomic E-state index is 12.3. The van der Waals surface area contributed by atoms with Gasteiger partial charge < -0.3 is 14.8 Å². The first-order valence-electron chi connectivity index (χ1n) is 7.15. The average molecular weight is 387 g/mol. The van der Waals surface area contributed by atoms with Crippen LogP contribution in [-0.4, -0.2) is 24.6 Å². The first-order chi connectivity index (χ1) is 12.3. The normalized spacial score (nSPS) is 10.5. The quantitative estimate of drug-likeness (QED) is 0.577. The van der Waals surface area contributed by atoms with Gasteiger partial charge in [0, 0.05) is 17.6 Å². The lowest BCUT2D eigenvalue weighted by molar-refractivity contribution is -0.385. The molecule has 138 valence electrons. The second kappa shape index (κ2) is 8.43. The molecule has 0 saturated heterocycles. The highest BCUT2D eigenvalue weighted by molar-refractivity contribution is 6.31. The van der Waals surface area contributed by atoms with Crippen molar-refractivity contribution in [3.8, 4) is 11.5 Å². The van der Waals surface area contributed by atoms with Gasteiger partial charge in [0.25, 0.3) is 11.6 Å². The lowest BCUT2D eigenvalue weighted by Crippen LogP contribution is -2.23. The minimum Gasteiger partial charge on any atom is -0.493 e. The summed E-state index contributed by atoms with van der Waals surface area (Å²) in [4.78, 5) is 22.5. The zero-order valence-corrected chi connectivity index (χ0v) is 14.1. The molecule has 10 heteroatoms. The number of amides is 1. The van der Waals surface area contributed by atoms with E-state index in [1.807, 2.05) is 0 Å². The summed E-state index contributed by atoms with van der Waals surface area (Å²) >= 11 is 5.71. The van der Waals surface area contributed by atoms with Crippen LogP contribution in [0.2, 0.25) is 5.02 Å². The summed E-state index contributed by atoms with van der Waals surface area (Å²) in [6.45, 7) is -3.01. The number of carbonyl (C=O) groups excluding carboxylic acids is 1. The van der Waals surface area contributed by atoms with Gasteiger partial charge in [-0.15, -0.1) is 0 Å². The van der Waals surface area contributed by atoms with Crippen molar-refractivity contribution in [3.05, 3.63) is 62.7 Å². The van der Waals surface area contributed by atoms with Gasteiger partial charge in [0.05, 0.1) is 12.0 Å². The van der Waals surface area contributed by atoms with Gasteiger partial charge in [-0.05, 0) is 29.8 Å². The van der Waals surface area contributed by atoms with Gasteiger partial charge in [-0.1, -0.05) is 17.7 Å². The zero-order valence-electron chi connectivity index (χ0n) is 13.4. The number of carbonyl (C=O) groups is 1. The first-order valence-corrected chi connectivity index (χ1v) is 7.53. The highest BCUT2D eigenvalue weighted by Crippen LogP contribution is 2.29. The van der Waals surface area contributed by atoms with Crippen molar-refractivity contribution in [2.24, 2.45) is 0 Å². The highest BCUT2D eigenvalue weighted by atomic mass is 35.5. The van der Waals surface area contributed by atoms with Crippen molar-refractivity contribution in [1.29, 1.82) is 0 Å². The Kier molecular flexibility index (Phi) is 6.29. The first kappa shape index (κ1) is 19.4. The van der Waals surface area contributed by atoms with Gasteiger partial charge in [0.15, 0.2) is 11.5 Å². The molecule has 0 radical (unpaired) electrons. The highest BCUT2D eigenvalue weighted by Gasteiger charge is 2.20. The van der Waals surface area contributed by atoms with Crippen LogP contribution in [0.25, 0.3) is 0 Å². The molecule has 1 N–H and O–H groups in total. The number of ether oxygens (including phenoxy) is 2.